The van der Waals surface area contributed by atoms with Gasteiger partial charge in [0.1, 0.15) is 5.52 Å². The SMILES string of the molecule is C/C=C(\N=C(C)c1c[nH]c2nccnc12)c1ccccc1. The summed E-state index contributed by atoms with van der Waals surface area (Å²) in [5, 5.41) is 0. The predicted octanol–water partition coefficient (Wildman–Crippen LogP) is 3.83. The third kappa shape index (κ3) is 2.60. The van der Waals surface area contributed by atoms with Crippen LogP contribution in [0.4, 0.5) is 0 Å². The highest BCUT2D eigenvalue weighted by molar-refractivity contribution is 6.09. The molecule has 1 N–H and O–H groups in total. The average molecular weight is 276 g/mol. The Morgan fingerprint density at radius 3 is 2.67 bits per heavy atom. The van der Waals surface area contributed by atoms with E-state index in [9.17, 15) is 0 Å². The lowest BCUT2D eigenvalue weighted by Gasteiger charge is -2.04. The van der Waals surface area contributed by atoms with Gasteiger partial charge in [0.05, 0.1) is 5.70 Å². The number of allylic oxidation sites excluding steroid dienone is 1. The first-order valence-electron chi connectivity index (χ1n) is 6.85. The van der Waals surface area contributed by atoms with E-state index in [4.69, 9.17) is 4.99 Å². The van der Waals surface area contributed by atoms with Gasteiger partial charge in [0.2, 0.25) is 0 Å². The van der Waals surface area contributed by atoms with Crippen LogP contribution in [0.2, 0.25) is 0 Å². The quantitative estimate of drug-likeness (QED) is 0.739. The number of fused-ring (bicyclic) bond motifs is 1. The zero-order chi connectivity index (χ0) is 14.7. The van der Waals surface area contributed by atoms with Crippen molar-refractivity contribution in [1.29, 1.82) is 0 Å². The molecule has 3 rings (SSSR count). The molecule has 0 atom stereocenters. The van der Waals surface area contributed by atoms with Gasteiger partial charge in [-0.2, -0.15) is 0 Å². The number of hydrogen-bond donors (Lipinski definition) is 1. The Bertz CT molecular complexity index is 813. The number of hydrogen-bond acceptors (Lipinski definition) is 3. The lowest BCUT2D eigenvalue weighted by molar-refractivity contribution is 1.26. The largest absolute Gasteiger partial charge is 0.344 e. The molecule has 0 aliphatic rings. The number of aromatic nitrogens is 3. The molecule has 21 heavy (non-hydrogen) atoms. The molecule has 0 bridgehead atoms. The summed E-state index contributed by atoms with van der Waals surface area (Å²) in [6.45, 7) is 3.98. The number of aromatic amines is 1. The van der Waals surface area contributed by atoms with Crippen molar-refractivity contribution in [3.05, 3.63) is 66.1 Å². The van der Waals surface area contributed by atoms with E-state index in [0.717, 1.165) is 33.7 Å². The highest BCUT2D eigenvalue weighted by Gasteiger charge is 2.09. The van der Waals surface area contributed by atoms with E-state index >= 15 is 0 Å². The van der Waals surface area contributed by atoms with Crippen molar-refractivity contribution in [1.82, 2.24) is 15.0 Å². The van der Waals surface area contributed by atoms with Gasteiger partial charge in [-0.25, -0.2) is 4.98 Å². The molecule has 0 saturated heterocycles. The zero-order valence-corrected chi connectivity index (χ0v) is 12.0. The van der Waals surface area contributed by atoms with Gasteiger partial charge < -0.3 is 4.98 Å². The van der Waals surface area contributed by atoms with Gasteiger partial charge >= 0.3 is 0 Å². The van der Waals surface area contributed by atoms with Gasteiger partial charge in [0.25, 0.3) is 0 Å². The number of nitrogens with zero attached hydrogens (tertiary/aromatic N) is 3. The number of benzene rings is 1. The molecule has 0 fully saturated rings. The summed E-state index contributed by atoms with van der Waals surface area (Å²) < 4.78 is 0. The minimum atomic E-state index is 0.781. The molecule has 2 aromatic heterocycles. The van der Waals surface area contributed by atoms with Crippen LogP contribution in [0.15, 0.2) is 60.0 Å². The molecule has 1 aromatic carbocycles. The van der Waals surface area contributed by atoms with Crippen molar-refractivity contribution in [2.45, 2.75) is 13.8 Å². The maximum Gasteiger partial charge on any atom is 0.156 e. The Morgan fingerprint density at radius 2 is 1.90 bits per heavy atom. The number of nitrogens with one attached hydrogen (secondary N) is 1. The Morgan fingerprint density at radius 1 is 1.14 bits per heavy atom. The summed E-state index contributed by atoms with van der Waals surface area (Å²) in [6, 6.07) is 10.1. The van der Waals surface area contributed by atoms with Crippen LogP contribution < -0.4 is 0 Å². The molecule has 0 aliphatic carbocycles. The van der Waals surface area contributed by atoms with Crippen LogP contribution in [0.5, 0.6) is 0 Å². The molecule has 0 amide bonds. The Labute approximate surface area is 123 Å². The maximum absolute atomic E-state index is 4.75. The minimum absolute atomic E-state index is 0.781. The summed E-state index contributed by atoms with van der Waals surface area (Å²) in [4.78, 5) is 16.5. The van der Waals surface area contributed by atoms with Crippen molar-refractivity contribution >= 4 is 22.6 Å². The second-order valence-electron chi connectivity index (χ2n) is 4.69. The zero-order valence-electron chi connectivity index (χ0n) is 12.0. The maximum atomic E-state index is 4.75. The Kier molecular flexibility index (Phi) is 3.60. The highest BCUT2D eigenvalue weighted by atomic mass is 14.9. The lowest BCUT2D eigenvalue weighted by atomic mass is 10.1. The molecule has 2 heterocycles. The van der Waals surface area contributed by atoms with Crippen LogP contribution >= 0.6 is 0 Å². The monoisotopic (exact) mass is 276 g/mol. The second-order valence-corrected chi connectivity index (χ2v) is 4.69. The van der Waals surface area contributed by atoms with Crippen LogP contribution in [0.25, 0.3) is 16.9 Å². The topological polar surface area (TPSA) is 53.9 Å². The fraction of sp³-hybridized carbons (Fsp3) is 0.118. The summed E-state index contributed by atoms with van der Waals surface area (Å²) in [5.74, 6) is 0. The van der Waals surface area contributed by atoms with Crippen LogP contribution in [0.3, 0.4) is 0 Å². The first-order valence-corrected chi connectivity index (χ1v) is 6.85. The molecule has 0 aliphatic heterocycles. The molecular formula is C17H16N4. The van der Waals surface area contributed by atoms with E-state index < -0.39 is 0 Å². The molecule has 0 saturated carbocycles. The fourth-order valence-corrected chi connectivity index (χ4v) is 2.27. The molecule has 0 radical (unpaired) electrons. The summed E-state index contributed by atoms with van der Waals surface area (Å²) in [5.41, 5.74) is 5.58. The second kappa shape index (κ2) is 5.71. The van der Waals surface area contributed by atoms with E-state index in [-0.39, 0.29) is 0 Å². The first kappa shape index (κ1) is 13.2. The van der Waals surface area contributed by atoms with Gasteiger partial charge in [0, 0.05) is 29.9 Å². The average Bonchev–Trinajstić information content (AvgIpc) is 2.97. The van der Waals surface area contributed by atoms with Crippen LogP contribution in [0.1, 0.15) is 25.0 Å². The molecule has 3 aromatic rings. The van der Waals surface area contributed by atoms with Crippen molar-refractivity contribution in [3.63, 3.8) is 0 Å². The summed E-state index contributed by atoms with van der Waals surface area (Å²) in [6.07, 6.45) is 7.29. The van der Waals surface area contributed by atoms with E-state index in [1.165, 1.54) is 0 Å². The summed E-state index contributed by atoms with van der Waals surface area (Å²) >= 11 is 0. The van der Waals surface area contributed by atoms with Crippen molar-refractivity contribution in [2.24, 2.45) is 4.99 Å². The van der Waals surface area contributed by atoms with Gasteiger partial charge in [0.15, 0.2) is 5.65 Å². The standard InChI is InChI=1S/C17H16N4/c1-3-15(13-7-5-4-6-8-13)21-12(2)14-11-20-17-16(14)18-9-10-19-17/h3-11H,1-2H3,(H,19,20)/b15-3-,21-12?. The normalized spacial score (nSPS) is 12.9. The molecule has 0 spiro atoms. The molecule has 0 unspecified atom stereocenters. The molecule has 104 valence electrons. The van der Waals surface area contributed by atoms with Crippen molar-refractivity contribution in [3.8, 4) is 0 Å². The van der Waals surface area contributed by atoms with E-state index in [1.54, 1.807) is 12.4 Å². The van der Waals surface area contributed by atoms with Gasteiger partial charge in [-0.05, 0) is 19.4 Å². The number of rotatable bonds is 3. The summed E-state index contributed by atoms with van der Waals surface area (Å²) in [7, 11) is 0. The third-order valence-corrected chi connectivity index (χ3v) is 3.33. The number of aliphatic imine (C=N–C) groups is 1. The van der Waals surface area contributed by atoms with Gasteiger partial charge in [-0.3, -0.25) is 9.98 Å². The van der Waals surface area contributed by atoms with Crippen LogP contribution in [-0.4, -0.2) is 20.7 Å². The minimum Gasteiger partial charge on any atom is -0.344 e. The Balaban J connectivity index is 2.03. The first-order chi connectivity index (χ1) is 10.3. The number of H-pyrrole nitrogens is 1. The lowest BCUT2D eigenvalue weighted by Crippen LogP contribution is -1.95. The Hall–Kier alpha value is -2.75. The molecular weight excluding hydrogens is 260 g/mol. The van der Waals surface area contributed by atoms with E-state index in [0.29, 0.717) is 0 Å². The fourth-order valence-electron chi connectivity index (χ4n) is 2.27. The highest BCUT2D eigenvalue weighted by Crippen LogP contribution is 2.19. The predicted molar refractivity (Wildman–Crippen MR) is 86.2 cm³/mol. The van der Waals surface area contributed by atoms with Crippen LogP contribution in [-0.2, 0) is 0 Å². The van der Waals surface area contributed by atoms with E-state index in [2.05, 4.69) is 27.1 Å². The van der Waals surface area contributed by atoms with Crippen molar-refractivity contribution in [2.75, 3.05) is 0 Å². The van der Waals surface area contributed by atoms with Crippen molar-refractivity contribution < 1.29 is 0 Å². The smallest absolute Gasteiger partial charge is 0.156 e. The van der Waals surface area contributed by atoms with E-state index in [1.807, 2.05) is 44.3 Å². The van der Waals surface area contributed by atoms with Gasteiger partial charge in [-0.15, -0.1) is 0 Å². The van der Waals surface area contributed by atoms with Crippen LogP contribution in [0, 0.1) is 0 Å². The molecule has 4 nitrogen and oxygen atoms in total. The molecule has 4 heteroatoms. The third-order valence-electron chi connectivity index (χ3n) is 3.33. The van der Waals surface area contributed by atoms with Gasteiger partial charge in [-0.1, -0.05) is 36.4 Å².